The zero-order chi connectivity index (χ0) is 28.9. The van der Waals surface area contributed by atoms with Crippen molar-refractivity contribution in [2.75, 3.05) is 13.2 Å². The third-order valence-electron chi connectivity index (χ3n) is 7.23. The van der Waals surface area contributed by atoms with Gasteiger partial charge in [-0.15, -0.1) is 0 Å². The molecule has 38 heavy (non-hydrogen) atoms. The first-order chi connectivity index (χ1) is 17.2. The Labute approximate surface area is 212 Å². The largest absolute Gasteiger partial charge is 0.468 e. The van der Waals surface area contributed by atoms with Crippen LogP contribution in [0.25, 0.3) is 0 Å². The molecule has 0 aromatic rings. The van der Waals surface area contributed by atoms with E-state index in [1.807, 2.05) is 0 Å². The van der Waals surface area contributed by atoms with Crippen molar-refractivity contribution >= 4 is 27.8 Å². The Morgan fingerprint density at radius 1 is 0.921 bits per heavy atom. The minimum absolute atomic E-state index is 0.0148. The van der Waals surface area contributed by atoms with Gasteiger partial charge in [0.2, 0.25) is 0 Å². The number of rotatable bonds is 11. The van der Waals surface area contributed by atoms with Crippen LogP contribution in [0.4, 0.5) is 30.7 Å². The van der Waals surface area contributed by atoms with Gasteiger partial charge >= 0.3 is 45.2 Å². The number of hydrogen-bond acceptors (Lipinski definition) is 8. The summed E-state index contributed by atoms with van der Waals surface area (Å²) in [7, 11) is -6.71. The van der Waals surface area contributed by atoms with Crippen molar-refractivity contribution in [2.24, 2.45) is 23.2 Å². The van der Waals surface area contributed by atoms with Crippen LogP contribution in [0.15, 0.2) is 0 Å². The van der Waals surface area contributed by atoms with Crippen LogP contribution in [0.5, 0.6) is 0 Å². The molecule has 4 aliphatic carbocycles. The van der Waals surface area contributed by atoms with E-state index in [0.29, 0.717) is 0 Å². The predicted molar refractivity (Wildman–Crippen MR) is 109 cm³/mol. The van der Waals surface area contributed by atoms with Gasteiger partial charge in [0.15, 0.2) is 5.78 Å². The lowest BCUT2D eigenvalue weighted by molar-refractivity contribution is -0.361. The van der Waals surface area contributed by atoms with Crippen molar-refractivity contribution < 1.29 is 72.3 Å². The van der Waals surface area contributed by atoms with Crippen molar-refractivity contribution in [3.63, 3.8) is 0 Å². The van der Waals surface area contributed by atoms with Crippen LogP contribution in [0.1, 0.15) is 51.9 Å². The molecule has 1 atom stereocenters. The Morgan fingerprint density at radius 2 is 1.39 bits per heavy atom. The summed E-state index contributed by atoms with van der Waals surface area (Å²) in [4.78, 5) is 36.9. The fourth-order valence-corrected chi connectivity index (χ4v) is 6.38. The average Bonchev–Trinajstić information content (AvgIpc) is 2.73. The Hall–Kier alpha value is -2.01. The number of ketones is 1. The molecular weight excluding hydrogens is 561 g/mol. The Balaban J connectivity index is 1.91. The molecule has 4 saturated carbocycles. The van der Waals surface area contributed by atoms with Crippen LogP contribution < -0.4 is 0 Å². The first-order valence-corrected chi connectivity index (χ1v) is 12.9. The fraction of sp³-hybridized carbons (Fsp3) is 0.857. The number of carbonyl (C=O) groups is 3. The van der Waals surface area contributed by atoms with Gasteiger partial charge in [-0.2, -0.15) is 39.2 Å². The third kappa shape index (κ3) is 5.50. The van der Waals surface area contributed by atoms with E-state index in [2.05, 4.69) is 14.2 Å². The van der Waals surface area contributed by atoms with Crippen molar-refractivity contribution in [3.8, 4) is 0 Å². The summed E-state index contributed by atoms with van der Waals surface area (Å²) in [5.41, 5.74) is -1.43. The number of esters is 2. The van der Waals surface area contributed by atoms with E-state index >= 15 is 0 Å². The minimum atomic E-state index is -6.71. The standard InChI is InChI=1S/C21H25F7O9S/c1-11(29)10-35-16(31)19(20(24,25)26,36-3-2-18(22,23)21(27,28)38(32,33)34)37-15(30)17-7-12-4-13(8-17)6-14(5-12)9-17/h12-14H,2-10H2,1H3,(H,32,33,34). The molecule has 0 aromatic heterocycles. The highest BCUT2D eigenvalue weighted by molar-refractivity contribution is 7.87. The number of halogens is 7. The first kappa shape index (κ1) is 30.5. The number of Topliss-reactive ketones (excluding diaryl/α,β-unsaturated/α-hetero) is 1. The fourth-order valence-electron chi connectivity index (χ4n) is 5.90. The molecule has 0 aliphatic heterocycles. The molecular formula is C21H25F7O9S. The van der Waals surface area contributed by atoms with Crippen LogP contribution in [-0.2, 0) is 38.7 Å². The summed E-state index contributed by atoms with van der Waals surface area (Å²) in [5.74, 6) is -15.4. The molecule has 218 valence electrons. The quantitative estimate of drug-likeness (QED) is 0.167. The predicted octanol–water partition coefficient (Wildman–Crippen LogP) is 3.66. The van der Waals surface area contributed by atoms with Crippen molar-refractivity contribution in [3.05, 3.63) is 0 Å². The van der Waals surface area contributed by atoms with Crippen LogP contribution in [0.3, 0.4) is 0 Å². The van der Waals surface area contributed by atoms with E-state index in [9.17, 15) is 53.5 Å². The maximum Gasteiger partial charge on any atom is 0.468 e. The normalized spacial score (nSPS) is 29.0. The zero-order valence-electron chi connectivity index (χ0n) is 19.9. The number of ether oxygens (including phenoxy) is 3. The molecule has 4 fully saturated rings. The average molecular weight is 586 g/mol. The summed E-state index contributed by atoms with van der Waals surface area (Å²) in [6.07, 6.45) is -5.78. The summed E-state index contributed by atoms with van der Waals surface area (Å²) in [6, 6.07) is 0. The van der Waals surface area contributed by atoms with E-state index in [-0.39, 0.29) is 37.0 Å². The van der Waals surface area contributed by atoms with Gasteiger partial charge in [0.05, 0.1) is 12.0 Å². The molecule has 0 heterocycles. The van der Waals surface area contributed by atoms with Gasteiger partial charge in [-0.1, -0.05) is 0 Å². The van der Waals surface area contributed by atoms with Gasteiger partial charge in [-0.05, 0) is 63.2 Å². The van der Waals surface area contributed by atoms with Crippen LogP contribution in [0, 0.1) is 23.2 Å². The first-order valence-electron chi connectivity index (χ1n) is 11.5. The summed E-state index contributed by atoms with van der Waals surface area (Å²) in [5, 5.41) is -6.13. The molecule has 1 N–H and O–H groups in total. The Morgan fingerprint density at radius 3 is 1.79 bits per heavy atom. The summed E-state index contributed by atoms with van der Waals surface area (Å²) < 4.78 is 140. The molecule has 0 spiro atoms. The molecule has 4 aliphatic rings. The second-order valence-corrected chi connectivity index (χ2v) is 11.7. The van der Waals surface area contributed by atoms with Crippen LogP contribution >= 0.6 is 0 Å². The number of carbonyl (C=O) groups excluding carboxylic acids is 3. The van der Waals surface area contributed by atoms with Gasteiger partial charge in [-0.25, -0.2) is 4.79 Å². The lowest BCUT2D eigenvalue weighted by Crippen LogP contribution is -2.61. The van der Waals surface area contributed by atoms with E-state index < -0.39 is 76.0 Å². The van der Waals surface area contributed by atoms with Gasteiger partial charge in [0.1, 0.15) is 6.61 Å². The maximum atomic E-state index is 14.3. The Kier molecular flexibility index (Phi) is 7.93. The summed E-state index contributed by atoms with van der Waals surface area (Å²) >= 11 is 0. The van der Waals surface area contributed by atoms with Crippen molar-refractivity contribution in [1.29, 1.82) is 0 Å². The molecule has 0 aromatic carbocycles. The molecule has 4 bridgehead atoms. The lowest BCUT2D eigenvalue weighted by atomic mass is 9.49. The third-order valence-corrected chi connectivity index (χ3v) is 8.17. The molecule has 4 rings (SSSR count). The smallest absolute Gasteiger partial charge is 0.453 e. The van der Waals surface area contributed by atoms with E-state index in [1.165, 1.54) is 0 Å². The maximum absolute atomic E-state index is 14.3. The SMILES string of the molecule is CC(=O)COC(=O)C(OCCC(F)(F)C(F)(F)S(=O)(=O)O)(OC(=O)C12CC3CC(CC(C3)C1)C2)C(F)(F)F. The van der Waals surface area contributed by atoms with Crippen LogP contribution in [0.2, 0.25) is 0 Å². The highest BCUT2D eigenvalue weighted by Gasteiger charge is 2.71. The van der Waals surface area contributed by atoms with Gasteiger partial charge < -0.3 is 14.2 Å². The molecule has 0 amide bonds. The van der Waals surface area contributed by atoms with Gasteiger partial charge in [0.25, 0.3) is 0 Å². The molecule has 17 heteroatoms. The second kappa shape index (κ2) is 9.87. The van der Waals surface area contributed by atoms with Crippen molar-refractivity contribution in [1.82, 2.24) is 0 Å². The molecule has 0 saturated heterocycles. The Bertz CT molecular complexity index is 1040. The highest BCUT2D eigenvalue weighted by Crippen LogP contribution is 2.61. The minimum Gasteiger partial charge on any atom is -0.453 e. The zero-order valence-corrected chi connectivity index (χ0v) is 20.7. The summed E-state index contributed by atoms with van der Waals surface area (Å²) in [6.45, 7) is -2.55. The highest BCUT2D eigenvalue weighted by atomic mass is 32.2. The van der Waals surface area contributed by atoms with Gasteiger partial charge in [0, 0.05) is 6.42 Å². The van der Waals surface area contributed by atoms with E-state index in [1.54, 1.807) is 0 Å². The van der Waals surface area contributed by atoms with E-state index in [0.717, 1.165) is 26.2 Å². The van der Waals surface area contributed by atoms with Crippen molar-refractivity contribution in [2.45, 2.75) is 75.0 Å². The van der Waals surface area contributed by atoms with Gasteiger partial charge in [-0.3, -0.25) is 14.1 Å². The molecule has 9 nitrogen and oxygen atoms in total. The monoisotopic (exact) mass is 586 g/mol. The molecule has 1 unspecified atom stereocenters. The van der Waals surface area contributed by atoms with E-state index in [4.69, 9.17) is 4.55 Å². The number of hydrogen-bond donors (Lipinski definition) is 1. The second-order valence-electron chi connectivity index (χ2n) is 10.3. The molecule has 0 radical (unpaired) electrons. The lowest BCUT2D eigenvalue weighted by Gasteiger charge is -2.55. The van der Waals surface area contributed by atoms with Crippen LogP contribution in [-0.4, -0.2) is 67.0 Å². The topological polar surface area (TPSA) is 133 Å². The number of alkyl halides is 7.